The van der Waals surface area contributed by atoms with Gasteiger partial charge in [0.2, 0.25) is 5.13 Å². The van der Waals surface area contributed by atoms with Crippen LogP contribution in [0.3, 0.4) is 0 Å². The van der Waals surface area contributed by atoms with Crippen molar-refractivity contribution in [3.8, 4) is 0 Å². The average molecular weight is 337 g/mol. The van der Waals surface area contributed by atoms with E-state index in [0.717, 1.165) is 47.0 Å². The summed E-state index contributed by atoms with van der Waals surface area (Å²) in [6.07, 6.45) is 0. The second-order valence-electron chi connectivity index (χ2n) is 6.57. The summed E-state index contributed by atoms with van der Waals surface area (Å²) >= 11 is 7.99. The van der Waals surface area contributed by atoms with Crippen molar-refractivity contribution in [2.45, 2.75) is 26.2 Å². The number of hydrogen-bond donors (Lipinski definition) is 0. The lowest BCUT2D eigenvalue weighted by atomic mass is 9.98. The molecule has 0 N–H and O–H groups in total. The Labute approximate surface area is 140 Å². The summed E-state index contributed by atoms with van der Waals surface area (Å²) in [6.45, 7) is 10.3. The molecule has 0 amide bonds. The monoisotopic (exact) mass is 336 g/mol. The van der Waals surface area contributed by atoms with Crippen LogP contribution in [-0.4, -0.2) is 36.4 Å². The van der Waals surface area contributed by atoms with Crippen LogP contribution in [0, 0.1) is 0 Å². The summed E-state index contributed by atoms with van der Waals surface area (Å²) in [5, 5.41) is 11.7. The fraction of sp³-hybridized carbons (Fsp3) is 0.500. The van der Waals surface area contributed by atoms with E-state index in [-0.39, 0.29) is 5.41 Å². The number of para-hydroxylation sites is 1. The highest BCUT2D eigenvalue weighted by Crippen LogP contribution is 2.31. The zero-order valence-corrected chi connectivity index (χ0v) is 14.8. The van der Waals surface area contributed by atoms with Gasteiger partial charge in [0.1, 0.15) is 5.01 Å². The summed E-state index contributed by atoms with van der Waals surface area (Å²) in [4.78, 5) is 4.66. The van der Waals surface area contributed by atoms with Crippen molar-refractivity contribution in [2.75, 3.05) is 36.0 Å². The van der Waals surface area contributed by atoms with E-state index in [1.807, 2.05) is 18.2 Å². The molecule has 0 radical (unpaired) electrons. The van der Waals surface area contributed by atoms with Crippen molar-refractivity contribution in [1.82, 2.24) is 10.2 Å². The van der Waals surface area contributed by atoms with E-state index < -0.39 is 0 Å². The largest absolute Gasteiger partial charge is 0.367 e. The molecule has 3 rings (SSSR count). The van der Waals surface area contributed by atoms with Gasteiger partial charge in [-0.2, -0.15) is 0 Å². The molecule has 0 bridgehead atoms. The molecule has 1 aliphatic heterocycles. The van der Waals surface area contributed by atoms with E-state index in [9.17, 15) is 0 Å². The van der Waals surface area contributed by atoms with Crippen molar-refractivity contribution in [3.63, 3.8) is 0 Å². The Hall–Kier alpha value is -1.33. The molecular weight excluding hydrogens is 316 g/mol. The standard InChI is InChI=1S/C16H21ClN4S/c1-16(2,3)14-18-19-15(22-14)21-10-8-20(9-11-21)13-7-5-4-6-12(13)17/h4-7H,8-11H2,1-3H3. The van der Waals surface area contributed by atoms with Crippen LogP contribution in [0.5, 0.6) is 0 Å². The van der Waals surface area contributed by atoms with Crippen molar-refractivity contribution < 1.29 is 0 Å². The molecule has 1 aliphatic rings. The summed E-state index contributed by atoms with van der Waals surface area (Å²) in [7, 11) is 0. The maximum atomic E-state index is 6.29. The molecule has 22 heavy (non-hydrogen) atoms. The van der Waals surface area contributed by atoms with Crippen molar-refractivity contribution >= 4 is 33.8 Å². The predicted molar refractivity (Wildman–Crippen MR) is 94.5 cm³/mol. The highest BCUT2D eigenvalue weighted by Gasteiger charge is 2.24. The van der Waals surface area contributed by atoms with Gasteiger partial charge in [0.05, 0.1) is 10.7 Å². The van der Waals surface area contributed by atoms with Crippen LogP contribution in [-0.2, 0) is 5.41 Å². The maximum Gasteiger partial charge on any atom is 0.208 e. The molecule has 0 spiro atoms. The average Bonchev–Trinajstić information content (AvgIpc) is 2.98. The van der Waals surface area contributed by atoms with E-state index in [0.29, 0.717) is 0 Å². The van der Waals surface area contributed by atoms with Gasteiger partial charge in [0.15, 0.2) is 0 Å². The summed E-state index contributed by atoms with van der Waals surface area (Å²) in [5.74, 6) is 0. The van der Waals surface area contributed by atoms with Gasteiger partial charge in [-0.05, 0) is 12.1 Å². The van der Waals surface area contributed by atoms with Gasteiger partial charge >= 0.3 is 0 Å². The third kappa shape index (κ3) is 3.20. The van der Waals surface area contributed by atoms with Gasteiger partial charge in [0.25, 0.3) is 0 Å². The molecule has 0 atom stereocenters. The van der Waals surface area contributed by atoms with Gasteiger partial charge in [-0.1, -0.05) is 55.8 Å². The number of aromatic nitrogens is 2. The van der Waals surface area contributed by atoms with Crippen molar-refractivity contribution in [1.29, 1.82) is 0 Å². The molecule has 6 heteroatoms. The minimum absolute atomic E-state index is 0.0648. The lowest BCUT2D eigenvalue weighted by Crippen LogP contribution is -2.46. The van der Waals surface area contributed by atoms with Gasteiger partial charge in [-0.15, -0.1) is 10.2 Å². The molecule has 4 nitrogen and oxygen atoms in total. The molecule has 2 heterocycles. The first kappa shape index (κ1) is 15.6. The zero-order chi connectivity index (χ0) is 15.7. The lowest BCUT2D eigenvalue weighted by Gasteiger charge is -2.36. The highest BCUT2D eigenvalue weighted by molar-refractivity contribution is 7.15. The minimum Gasteiger partial charge on any atom is -0.367 e. The topological polar surface area (TPSA) is 32.3 Å². The normalized spacial score (nSPS) is 16.2. The zero-order valence-electron chi connectivity index (χ0n) is 13.2. The Morgan fingerprint density at radius 2 is 1.64 bits per heavy atom. The van der Waals surface area contributed by atoms with Gasteiger partial charge in [0, 0.05) is 31.6 Å². The number of rotatable bonds is 2. The van der Waals surface area contributed by atoms with Crippen LogP contribution in [0.15, 0.2) is 24.3 Å². The molecular formula is C16H21ClN4S. The smallest absolute Gasteiger partial charge is 0.208 e. The van der Waals surface area contributed by atoms with Gasteiger partial charge in [-0.3, -0.25) is 0 Å². The van der Waals surface area contributed by atoms with E-state index in [2.05, 4.69) is 46.8 Å². The predicted octanol–water partition coefficient (Wildman–Crippen LogP) is 3.82. The SMILES string of the molecule is CC(C)(C)c1nnc(N2CCN(c3ccccc3Cl)CC2)s1. The first-order valence-electron chi connectivity index (χ1n) is 7.53. The molecule has 2 aromatic rings. The lowest BCUT2D eigenvalue weighted by molar-refractivity contribution is 0.577. The Bertz CT molecular complexity index is 642. The fourth-order valence-electron chi connectivity index (χ4n) is 2.49. The van der Waals surface area contributed by atoms with E-state index >= 15 is 0 Å². The molecule has 1 aromatic heterocycles. The molecule has 1 saturated heterocycles. The van der Waals surface area contributed by atoms with E-state index in [1.165, 1.54) is 0 Å². The van der Waals surface area contributed by atoms with Gasteiger partial charge < -0.3 is 9.80 Å². The molecule has 118 valence electrons. The molecule has 0 aliphatic carbocycles. The van der Waals surface area contributed by atoms with Crippen molar-refractivity contribution in [2.24, 2.45) is 0 Å². The Balaban J connectivity index is 1.67. The third-order valence-corrected chi connectivity index (χ3v) is 5.53. The Kier molecular flexibility index (Phi) is 4.28. The summed E-state index contributed by atoms with van der Waals surface area (Å²) in [5.41, 5.74) is 1.19. The number of halogens is 1. The van der Waals surface area contributed by atoms with Crippen LogP contribution < -0.4 is 9.80 Å². The third-order valence-electron chi connectivity index (χ3n) is 3.80. The number of piperazine rings is 1. The first-order valence-corrected chi connectivity index (χ1v) is 8.73. The summed E-state index contributed by atoms with van der Waals surface area (Å²) < 4.78 is 0. The molecule has 1 aromatic carbocycles. The Morgan fingerprint density at radius 1 is 1.00 bits per heavy atom. The fourth-order valence-corrected chi connectivity index (χ4v) is 3.70. The van der Waals surface area contributed by atoms with Crippen molar-refractivity contribution in [3.05, 3.63) is 34.3 Å². The van der Waals surface area contributed by atoms with E-state index in [1.54, 1.807) is 11.3 Å². The van der Waals surface area contributed by atoms with Crippen LogP contribution >= 0.6 is 22.9 Å². The number of benzene rings is 1. The van der Waals surface area contributed by atoms with Crippen LogP contribution in [0.2, 0.25) is 5.02 Å². The second kappa shape index (κ2) is 6.05. The van der Waals surface area contributed by atoms with Crippen LogP contribution in [0.25, 0.3) is 0 Å². The minimum atomic E-state index is 0.0648. The quantitative estimate of drug-likeness (QED) is 0.834. The first-order chi connectivity index (χ1) is 10.4. The number of hydrogen-bond acceptors (Lipinski definition) is 5. The highest BCUT2D eigenvalue weighted by atomic mass is 35.5. The maximum absolute atomic E-state index is 6.29. The number of nitrogens with zero attached hydrogens (tertiary/aromatic N) is 4. The molecule has 1 fully saturated rings. The van der Waals surface area contributed by atoms with Gasteiger partial charge in [-0.25, -0.2) is 0 Å². The molecule has 0 unspecified atom stereocenters. The number of anilines is 2. The molecule has 0 saturated carbocycles. The summed E-state index contributed by atoms with van der Waals surface area (Å²) in [6, 6.07) is 8.04. The van der Waals surface area contributed by atoms with E-state index in [4.69, 9.17) is 11.6 Å². The van der Waals surface area contributed by atoms with Crippen LogP contribution in [0.1, 0.15) is 25.8 Å². The van der Waals surface area contributed by atoms with Crippen LogP contribution in [0.4, 0.5) is 10.8 Å². The second-order valence-corrected chi connectivity index (χ2v) is 7.93. The Morgan fingerprint density at radius 3 is 2.23 bits per heavy atom.